The number of nitrogens with zero attached hydrogens (tertiary/aromatic N) is 1. The number of carboxylic acid groups (broad SMARTS) is 1. The molecule has 0 aromatic heterocycles. The van der Waals surface area contributed by atoms with Crippen LogP contribution < -0.4 is 0 Å². The standard InChI is InChI=1S/C17H21NO3/c19-17(20)14-9-12-5-6-15(14)18(12)10-16-13-4-2-1-3-11(13)7-8-21-16/h1-4,12,14-16H,5-10H2,(H,19,20). The molecule has 4 unspecified atom stereocenters. The highest BCUT2D eigenvalue weighted by molar-refractivity contribution is 5.71. The molecule has 4 heteroatoms. The van der Waals surface area contributed by atoms with Gasteiger partial charge >= 0.3 is 5.97 Å². The monoisotopic (exact) mass is 287 g/mol. The number of hydrogen-bond acceptors (Lipinski definition) is 3. The van der Waals surface area contributed by atoms with E-state index < -0.39 is 5.97 Å². The lowest BCUT2D eigenvalue weighted by Gasteiger charge is -2.32. The lowest BCUT2D eigenvalue weighted by molar-refractivity contribution is -0.142. The van der Waals surface area contributed by atoms with Gasteiger partial charge in [-0.2, -0.15) is 0 Å². The highest BCUT2D eigenvalue weighted by Crippen LogP contribution is 2.43. The summed E-state index contributed by atoms with van der Waals surface area (Å²) in [5, 5.41) is 9.36. The van der Waals surface area contributed by atoms with Crippen LogP contribution in [0.15, 0.2) is 24.3 Å². The Morgan fingerprint density at radius 1 is 1.33 bits per heavy atom. The largest absolute Gasteiger partial charge is 0.481 e. The molecule has 0 aliphatic carbocycles. The molecule has 0 amide bonds. The molecule has 0 radical (unpaired) electrons. The molecule has 0 spiro atoms. The topological polar surface area (TPSA) is 49.8 Å². The van der Waals surface area contributed by atoms with Gasteiger partial charge in [-0.3, -0.25) is 9.69 Å². The van der Waals surface area contributed by atoms with Crippen molar-refractivity contribution in [2.24, 2.45) is 5.92 Å². The van der Waals surface area contributed by atoms with E-state index in [0.717, 1.165) is 38.8 Å². The third-order valence-electron chi connectivity index (χ3n) is 5.47. The highest BCUT2D eigenvalue weighted by atomic mass is 16.5. The van der Waals surface area contributed by atoms with Crippen LogP contribution in [0.2, 0.25) is 0 Å². The number of carboxylic acids is 1. The molecule has 2 fully saturated rings. The number of benzene rings is 1. The molecule has 1 N–H and O–H groups in total. The molecule has 3 aliphatic rings. The van der Waals surface area contributed by atoms with Crippen molar-refractivity contribution >= 4 is 5.97 Å². The maximum atomic E-state index is 11.4. The summed E-state index contributed by atoms with van der Waals surface area (Å²) in [6, 6.07) is 9.15. The summed E-state index contributed by atoms with van der Waals surface area (Å²) in [6.07, 6.45) is 4.07. The van der Waals surface area contributed by atoms with Crippen LogP contribution >= 0.6 is 0 Å². The Hall–Kier alpha value is -1.39. The van der Waals surface area contributed by atoms with Crippen LogP contribution in [0.4, 0.5) is 0 Å². The maximum absolute atomic E-state index is 11.4. The third-order valence-corrected chi connectivity index (χ3v) is 5.47. The van der Waals surface area contributed by atoms with E-state index in [4.69, 9.17) is 4.74 Å². The van der Waals surface area contributed by atoms with Crippen LogP contribution in [-0.2, 0) is 16.0 Å². The molecular weight excluding hydrogens is 266 g/mol. The summed E-state index contributed by atoms with van der Waals surface area (Å²) in [6.45, 7) is 1.61. The quantitative estimate of drug-likeness (QED) is 0.926. The number of hydrogen-bond donors (Lipinski definition) is 1. The van der Waals surface area contributed by atoms with Gasteiger partial charge in [-0.25, -0.2) is 0 Å². The van der Waals surface area contributed by atoms with Crippen molar-refractivity contribution < 1.29 is 14.6 Å². The van der Waals surface area contributed by atoms with Gasteiger partial charge in [-0.1, -0.05) is 24.3 Å². The predicted molar refractivity (Wildman–Crippen MR) is 78.1 cm³/mol. The van der Waals surface area contributed by atoms with Crippen LogP contribution in [0.1, 0.15) is 36.5 Å². The molecule has 4 atom stereocenters. The van der Waals surface area contributed by atoms with Gasteiger partial charge in [0.2, 0.25) is 0 Å². The van der Waals surface area contributed by atoms with Gasteiger partial charge in [0.1, 0.15) is 0 Å². The molecule has 3 heterocycles. The van der Waals surface area contributed by atoms with Gasteiger partial charge in [0, 0.05) is 18.6 Å². The molecule has 2 bridgehead atoms. The molecule has 21 heavy (non-hydrogen) atoms. The molecule has 0 saturated carbocycles. The van der Waals surface area contributed by atoms with E-state index in [-0.39, 0.29) is 18.1 Å². The smallest absolute Gasteiger partial charge is 0.308 e. The van der Waals surface area contributed by atoms with Crippen molar-refractivity contribution in [3.63, 3.8) is 0 Å². The number of ether oxygens (including phenoxy) is 1. The molecule has 1 aromatic carbocycles. The second-order valence-corrected chi connectivity index (χ2v) is 6.48. The van der Waals surface area contributed by atoms with Gasteiger partial charge in [0.05, 0.1) is 18.6 Å². The molecule has 3 aliphatic heterocycles. The van der Waals surface area contributed by atoms with Crippen molar-refractivity contribution in [2.75, 3.05) is 13.2 Å². The third kappa shape index (κ3) is 2.17. The number of aliphatic carboxylic acids is 1. The first-order chi connectivity index (χ1) is 10.2. The van der Waals surface area contributed by atoms with Crippen LogP contribution in [0.5, 0.6) is 0 Å². The Bertz CT molecular complexity index is 559. The zero-order valence-corrected chi connectivity index (χ0v) is 12.1. The van der Waals surface area contributed by atoms with Crippen molar-refractivity contribution in [3.05, 3.63) is 35.4 Å². The van der Waals surface area contributed by atoms with E-state index in [9.17, 15) is 9.90 Å². The minimum absolute atomic E-state index is 0.102. The van der Waals surface area contributed by atoms with Crippen molar-refractivity contribution in [2.45, 2.75) is 43.9 Å². The zero-order valence-electron chi connectivity index (χ0n) is 12.1. The van der Waals surface area contributed by atoms with E-state index >= 15 is 0 Å². The highest BCUT2D eigenvalue weighted by Gasteiger charge is 2.49. The molecule has 4 rings (SSSR count). The van der Waals surface area contributed by atoms with Crippen LogP contribution in [0.3, 0.4) is 0 Å². The van der Waals surface area contributed by atoms with Crippen molar-refractivity contribution in [1.82, 2.24) is 4.90 Å². The SMILES string of the molecule is O=C(O)C1CC2CCC1N2CC1OCCc2ccccc21. The molecular formula is C17H21NO3. The lowest BCUT2D eigenvalue weighted by Crippen LogP contribution is -2.37. The first-order valence-corrected chi connectivity index (χ1v) is 7.92. The average Bonchev–Trinajstić information content (AvgIpc) is 3.05. The predicted octanol–water partition coefficient (Wildman–Crippen LogP) is 2.24. The fourth-order valence-electron chi connectivity index (χ4n) is 4.47. The fraction of sp³-hybridized carbons (Fsp3) is 0.588. The van der Waals surface area contributed by atoms with E-state index in [1.165, 1.54) is 11.1 Å². The van der Waals surface area contributed by atoms with Crippen LogP contribution in [0, 0.1) is 5.92 Å². The lowest BCUT2D eigenvalue weighted by atomic mass is 9.89. The second kappa shape index (κ2) is 5.11. The minimum Gasteiger partial charge on any atom is -0.481 e. The summed E-state index contributed by atoms with van der Waals surface area (Å²) in [4.78, 5) is 13.8. The number of rotatable bonds is 3. The van der Waals surface area contributed by atoms with Crippen molar-refractivity contribution in [1.29, 1.82) is 0 Å². The minimum atomic E-state index is -0.628. The maximum Gasteiger partial charge on any atom is 0.308 e. The fourth-order valence-corrected chi connectivity index (χ4v) is 4.47. The first kappa shape index (κ1) is 13.3. The van der Waals surface area contributed by atoms with E-state index in [1.807, 2.05) is 0 Å². The second-order valence-electron chi connectivity index (χ2n) is 6.48. The van der Waals surface area contributed by atoms with E-state index in [1.54, 1.807) is 0 Å². The molecule has 2 saturated heterocycles. The van der Waals surface area contributed by atoms with E-state index in [2.05, 4.69) is 29.2 Å². The van der Waals surface area contributed by atoms with Gasteiger partial charge < -0.3 is 9.84 Å². The summed E-state index contributed by atoms with van der Waals surface area (Å²) in [5.41, 5.74) is 2.68. The van der Waals surface area contributed by atoms with Gasteiger partial charge in [0.25, 0.3) is 0 Å². The zero-order chi connectivity index (χ0) is 14.4. The Morgan fingerprint density at radius 3 is 3.00 bits per heavy atom. The van der Waals surface area contributed by atoms with Crippen molar-refractivity contribution in [3.8, 4) is 0 Å². The van der Waals surface area contributed by atoms with Crippen LogP contribution in [0.25, 0.3) is 0 Å². The number of carbonyl (C=O) groups is 1. The van der Waals surface area contributed by atoms with Gasteiger partial charge in [-0.05, 0) is 36.8 Å². The van der Waals surface area contributed by atoms with Crippen LogP contribution in [-0.4, -0.2) is 41.2 Å². The number of fused-ring (bicyclic) bond motifs is 3. The van der Waals surface area contributed by atoms with Gasteiger partial charge in [-0.15, -0.1) is 0 Å². The molecule has 112 valence electrons. The Labute approximate surface area is 124 Å². The molecule has 4 nitrogen and oxygen atoms in total. The summed E-state index contributed by atoms with van der Waals surface area (Å²) < 4.78 is 6.00. The summed E-state index contributed by atoms with van der Waals surface area (Å²) in [7, 11) is 0. The van der Waals surface area contributed by atoms with E-state index in [0.29, 0.717) is 6.04 Å². The summed E-state index contributed by atoms with van der Waals surface area (Å²) in [5.74, 6) is -0.806. The first-order valence-electron chi connectivity index (χ1n) is 7.92. The van der Waals surface area contributed by atoms with Gasteiger partial charge in [0.15, 0.2) is 0 Å². The Morgan fingerprint density at radius 2 is 2.19 bits per heavy atom. The Kier molecular flexibility index (Phi) is 3.23. The summed E-state index contributed by atoms with van der Waals surface area (Å²) >= 11 is 0. The normalized spacial score (nSPS) is 34.9. The molecule has 1 aromatic rings. The Balaban J connectivity index is 1.54. The average molecular weight is 287 g/mol.